The summed E-state index contributed by atoms with van der Waals surface area (Å²) in [6.45, 7) is 25.2. The van der Waals surface area contributed by atoms with Gasteiger partial charge in [0.25, 0.3) is 0 Å². The Morgan fingerprint density at radius 1 is 0.550 bits per heavy atom. The molecule has 0 atom stereocenters. The van der Waals surface area contributed by atoms with Crippen molar-refractivity contribution in [2.75, 3.05) is 0 Å². The SMILES string of the molecule is CC(C)(C)[Si](F)(F)C([Si](C)(C)C)([Si](C)(C)C)[Si](C)(C)C. The van der Waals surface area contributed by atoms with E-state index >= 15 is 8.22 Å². The highest BCUT2D eigenvalue weighted by molar-refractivity contribution is 7.27. The molecule has 0 unspecified atom stereocenters. The minimum Gasteiger partial charge on any atom is -0.270 e. The van der Waals surface area contributed by atoms with Crippen molar-refractivity contribution in [3.05, 3.63) is 0 Å². The second kappa shape index (κ2) is 5.13. The molecule has 0 N–H and O–H groups in total. The van der Waals surface area contributed by atoms with E-state index in [1.54, 1.807) is 20.8 Å². The van der Waals surface area contributed by atoms with E-state index in [0.29, 0.717) is 0 Å². The molecule has 0 saturated heterocycles. The minimum atomic E-state index is -4.41. The summed E-state index contributed by atoms with van der Waals surface area (Å²) in [5.41, 5.74) is 0. The van der Waals surface area contributed by atoms with Crippen LogP contribution in [-0.4, -0.2) is 33.0 Å². The van der Waals surface area contributed by atoms with Crippen LogP contribution in [0, 0.1) is 0 Å². The van der Waals surface area contributed by atoms with Gasteiger partial charge >= 0.3 is 8.74 Å². The quantitative estimate of drug-likeness (QED) is 0.397. The molecule has 0 bridgehead atoms. The molecule has 0 rings (SSSR count). The van der Waals surface area contributed by atoms with Gasteiger partial charge in [-0.1, -0.05) is 79.7 Å². The lowest BCUT2D eigenvalue weighted by Gasteiger charge is -2.63. The van der Waals surface area contributed by atoms with E-state index < -0.39 is 41.9 Å². The van der Waals surface area contributed by atoms with Gasteiger partial charge in [-0.05, 0) is 0 Å². The van der Waals surface area contributed by atoms with Gasteiger partial charge in [0.1, 0.15) is 0 Å². The normalized spacial score (nSPS) is 16.5. The van der Waals surface area contributed by atoms with Gasteiger partial charge in [-0.25, -0.2) is 0 Å². The summed E-state index contributed by atoms with van der Waals surface area (Å²) < 4.78 is 31.4. The van der Waals surface area contributed by atoms with Crippen LogP contribution >= 0.6 is 0 Å². The predicted octanol–water partition coefficient (Wildman–Crippen LogP) is 6.54. The lowest BCUT2D eigenvalue weighted by Crippen LogP contribution is -2.76. The van der Waals surface area contributed by atoms with Gasteiger partial charge in [0.2, 0.25) is 0 Å². The zero-order valence-corrected chi connectivity index (χ0v) is 19.8. The van der Waals surface area contributed by atoms with Gasteiger partial charge in [-0.15, -0.1) is 0 Å². The Hall–Kier alpha value is 0.728. The van der Waals surface area contributed by atoms with E-state index in [1.807, 2.05) is 0 Å². The molecule has 0 nitrogen and oxygen atoms in total. The van der Waals surface area contributed by atoms with Crippen molar-refractivity contribution < 1.29 is 8.22 Å². The summed E-state index contributed by atoms with van der Waals surface area (Å²) >= 11 is 0. The van der Waals surface area contributed by atoms with Crippen LogP contribution in [0.4, 0.5) is 8.22 Å². The summed E-state index contributed by atoms with van der Waals surface area (Å²) in [6.07, 6.45) is 0. The number of hydrogen-bond acceptors (Lipinski definition) is 0. The van der Waals surface area contributed by atoms with Crippen molar-refractivity contribution in [2.45, 2.75) is 88.6 Å². The number of rotatable bonds is 4. The van der Waals surface area contributed by atoms with Crippen LogP contribution in [0.3, 0.4) is 0 Å². The van der Waals surface area contributed by atoms with E-state index in [0.717, 1.165) is 0 Å². The van der Waals surface area contributed by atoms with Crippen LogP contribution in [0.25, 0.3) is 0 Å². The number of hydrogen-bond donors (Lipinski definition) is 0. The molecular formula is C14H36F2Si4. The predicted molar refractivity (Wildman–Crippen MR) is 100 cm³/mol. The third-order valence-electron chi connectivity index (χ3n) is 4.79. The van der Waals surface area contributed by atoms with Gasteiger partial charge in [-0.3, -0.25) is 8.22 Å². The minimum absolute atomic E-state index is 0.585. The summed E-state index contributed by atoms with van der Waals surface area (Å²) in [6, 6.07) is 0. The zero-order chi connectivity index (χ0) is 17.0. The van der Waals surface area contributed by atoms with Crippen LogP contribution < -0.4 is 0 Å². The van der Waals surface area contributed by atoms with Crippen LogP contribution in [0.2, 0.25) is 67.9 Å². The van der Waals surface area contributed by atoms with E-state index in [9.17, 15) is 0 Å². The summed E-state index contributed by atoms with van der Waals surface area (Å²) in [7, 11) is -10.5. The molecule has 0 amide bonds. The molecule has 6 heteroatoms. The molecule has 0 aliphatic carbocycles. The molecule has 0 aliphatic rings. The average Bonchev–Trinajstić information content (AvgIpc) is 1.89. The molecule has 0 radical (unpaired) electrons. The van der Waals surface area contributed by atoms with Crippen molar-refractivity contribution in [2.24, 2.45) is 0 Å². The highest BCUT2D eigenvalue weighted by Crippen LogP contribution is 2.66. The highest BCUT2D eigenvalue weighted by atomic mass is 28.5. The maximum atomic E-state index is 16.0. The smallest absolute Gasteiger partial charge is 0.270 e. The largest absolute Gasteiger partial charge is 0.428 e. The summed E-state index contributed by atoms with van der Waals surface area (Å²) in [4.78, 5) is 0. The first-order valence-electron chi connectivity index (χ1n) is 7.63. The van der Waals surface area contributed by atoms with Gasteiger partial charge in [0, 0.05) is 33.2 Å². The summed E-state index contributed by atoms with van der Waals surface area (Å²) in [5, 5.41) is -0.839. The monoisotopic (exact) mass is 354 g/mol. The Bertz CT molecular complexity index is 315. The third kappa shape index (κ3) is 2.81. The van der Waals surface area contributed by atoms with Crippen molar-refractivity contribution in [1.82, 2.24) is 0 Å². The van der Waals surface area contributed by atoms with Gasteiger partial charge < -0.3 is 0 Å². The van der Waals surface area contributed by atoms with E-state index in [1.165, 1.54) is 0 Å². The Labute approximate surface area is 130 Å². The molecule has 0 fully saturated rings. The molecule has 0 spiro atoms. The molecular weight excluding hydrogens is 318 g/mol. The lowest BCUT2D eigenvalue weighted by atomic mass is 10.3. The molecule has 0 aromatic heterocycles. The maximum Gasteiger partial charge on any atom is 0.428 e. The van der Waals surface area contributed by atoms with Crippen molar-refractivity contribution in [3.8, 4) is 0 Å². The molecule has 122 valence electrons. The van der Waals surface area contributed by atoms with Crippen LogP contribution in [0.1, 0.15) is 20.8 Å². The van der Waals surface area contributed by atoms with Crippen LogP contribution in [0.5, 0.6) is 0 Å². The Kier molecular flexibility index (Phi) is 5.32. The molecule has 0 heterocycles. The zero-order valence-electron chi connectivity index (χ0n) is 15.8. The Morgan fingerprint density at radius 3 is 0.800 bits per heavy atom. The van der Waals surface area contributed by atoms with Gasteiger partial charge in [0.05, 0.1) is 0 Å². The standard InChI is InChI=1S/C14H36F2Si4/c1-13(2,3)20(15,16)14(17(4,5)6,18(7,8)9)19(10,11)12/h1-12H3. The second-order valence-electron chi connectivity index (χ2n) is 10.3. The molecule has 0 aliphatic heterocycles. The fourth-order valence-corrected chi connectivity index (χ4v) is 48.2. The average molecular weight is 355 g/mol. The maximum absolute atomic E-state index is 16.0. The van der Waals surface area contributed by atoms with Gasteiger partial charge in [-0.2, -0.15) is 0 Å². The topological polar surface area (TPSA) is 0 Å². The van der Waals surface area contributed by atoms with Crippen LogP contribution in [-0.2, 0) is 0 Å². The summed E-state index contributed by atoms with van der Waals surface area (Å²) in [5.74, 6) is 0. The Balaban J connectivity index is 6.83. The second-order valence-corrected chi connectivity index (χ2v) is 32.5. The first kappa shape index (κ1) is 20.7. The van der Waals surface area contributed by atoms with Crippen molar-refractivity contribution in [3.63, 3.8) is 0 Å². The van der Waals surface area contributed by atoms with Gasteiger partial charge in [0.15, 0.2) is 0 Å². The fourth-order valence-electron chi connectivity index (χ4n) is 5.35. The first-order chi connectivity index (χ1) is 8.25. The fraction of sp³-hybridized carbons (Fsp3) is 1.00. The van der Waals surface area contributed by atoms with E-state index in [2.05, 4.69) is 58.9 Å². The number of halogens is 2. The van der Waals surface area contributed by atoms with E-state index in [-0.39, 0.29) is 0 Å². The highest BCUT2D eigenvalue weighted by Gasteiger charge is 2.77. The van der Waals surface area contributed by atoms with Crippen LogP contribution in [0.15, 0.2) is 0 Å². The first-order valence-corrected chi connectivity index (χ1v) is 19.9. The van der Waals surface area contributed by atoms with Crippen molar-refractivity contribution >= 4 is 33.0 Å². The lowest BCUT2D eigenvalue weighted by molar-refractivity contribution is 0.484. The molecule has 20 heavy (non-hydrogen) atoms. The molecule has 0 aromatic rings. The molecule has 0 saturated carbocycles. The third-order valence-corrected chi connectivity index (χ3v) is 37.4. The van der Waals surface area contributed by atoms with Crippen molar-refractivity contribution in [1.29, 1.82) is 0 Å². The van der Waals surface area contributed by atoms with E-state index in [4.69, 9.17) is 0 Å². The Morgan fingerprint density at radius 2 is 0.750 bits per heavy atom. The molecule has 0 aromatic carbocycles.